The summed E-state index contributed by atoms with van der Waals surface area (Å²) in [6.45, 7) is 9.63. The highest BCUT2D eigenvalue weighted by Gasteiger charge is 2.24. The van der Waals surface area contributed by atoms with Crippen molar-refractivity contribution in [3.63, 3.8) is 0 Å². The Morgan fingerprint density at radius 1 is 1.32 bits per heavy atom. The quantitative estimate of drug-likeness (QED) is 0.838. The highest BCUT2D eigenvalue weighted by atomic mass is 16.5. The molecule has 1 aliphatic rings. The molecule has 0 N–H and O–H groups in total. The Hall–Kier alpha value is -1.55. The molecule has 0 radical (unpaired) electrons. The molecule has 0 atom stereocenters. The Bertz CT molecular complexity index is 508. The van der Waals surface area contributed by atoms with Crippen LogP contribution in [0, 0.1) is 13.8 Å². The Balaban J connectivity index is 1.84. The number of likely N-dealkylation sites (N-methyl/N-ethyl adjacent to an activating group) is 1. The van der Waals surface area contributed by atoms with E-state index in [0.717, 1.165) is 43.8 Å². The van der Waals surface area contributed by atoms with Gasteiger partial charge in [0.05, 0.1) is 0 Å². The molecule has 2 rings (SSSR count). The van der Waals surface area contributed by atoms with Crippen molar-refractivity contribution in [1.29, 1.82) is 0 Å². The Morgan fingerprint density at radius 2 is 2.00 bits per heavy atom. The second-order valence-electron chi connectivity index (χ2n) is 6.23. The van der Waals surface area contributed by atoms with Gasteiger partial charge in [-0.25, -0.2) is 0 Å². The molecular formula is C18H28N2O2. The van der Waals surface area contributed by atoms with Crippen molar-refractivity contribution in [3.8, 4) is 5.75 Å². The lowest BCUT2D eigenvalue weighted by molar-refractivity contribution is -0.135. The van der Waals surface area contributed by atoms with Crippen molar-refractivity contribution >= 4 is 5.91 Å². The van der Waals surface area contributed by atoms with Gasteiger partial charge in [0, 0.05) is 26.2 Å². The third kappa shape index (κ3) is 4.23. The van der Waals surface area contributed by atoms with Crippen molar-refractivity contribution in [2.24, 2.45) is 0 Å². The van der Waals surface area contributed by atoms with Crippen LogP contribution in [0.5, 0.6) is 5.75 Å². The summed E-state index contributed by atoms with van der Waals surface area (Å²) in [4.78, 5) is 16.6. The lowest BCUT2D eigenvalue weighted by Gasteiger charge is -2.36. The number of ether oxygens (including phenoxy) is 1. The van der Waals surface area contributed by atoms with Gasteiger partial charge in [0.2, 0.25) is 0 Å². The highest BCUT2D eigenvalue weighted by molar-refractivity contribution is 5.77. The van der Waals surface area contributed by atoms with E-state index in [1.165, 1.54) is 5.56 Å². The van der Waals surface area contributed by atoms with Crippen molar-refractivity contribution < 1.29 is 9.53 Å². The summed E-state index contributed by atoms with van der Waals surface area (Å²) < 4.78 is 5.71. The fraction of sp³-hybridized carbons (Fsp3) is 0.611. The normalized spacial score (nSPS) is 16.5. The zero-order chi connectivity index (χ0) is 16.1. The van der Waals surface area contributed by atoms with Crippen LogP contribution in [-0.2, 0) is 4.79 Å². The van der Waals surface area contributed by atoms with Crippen LogP contribution in [0.1, 0.15) is 30.9 Å². The van der Waals surface area contributed by atoms with Crippen LogP contribution >= 0.6 is 0 Å². The van der Waals surface area contributed by atoms with Crippen molar-refractivity contribution in [3.05, 3.63) is 29.3 Å². The molecule has 0 aliphatic carbocycles. The number of nitrogens with zero attached hydrogens (tertiary/aromatic N) is 2. The molecular weight excluding hydrogens is 276 g/mol. The van der Waals surface area contributed by atoms with Gasteiger partial charge in [-0.1, -0.05) is 24.6 Å². The van der Waals surface area contributed by atoms with Gasteiger partial charge in [-0.05, 0) is 44.9 Å². The fourth-order valence-electron chi connectivity index (χ4n) is 3.03. The molecule has 4 heteroatoms. The molecule has 1 amide bonds. The first-order chi connectivity index (χ1) is 10.5. The SMILES string of the molecule is CCN1CCC(N(C)C(=O)COc2ccc(C)cc2C)CC1. The summed E-state index contributed by atoms with van der Waals surface area (Å²) in [7, 11) is 1.90. The van der Waals surface area contributed by atoms with Crippen LogP contribution in [0.3, 0.4) is 0 Å². The second-order valence-corrected chi connectivity index (χ2v) is 6.23. The average molecular weight is 304 g/mol. The van der Waals surface area contributed by atoms with Gasteiger partial charge in [0.1, 0.15) is 5.75 Å². The first kappa shape index (κ1) is 16.8. The number of rotatable bonds is 5. The maximum Gasteiger partial charge on any atom is 0.260 e. The third-order valence-corrected chi connectivity index (χ3v) is 4.63. The van der Waals surface area contributed by atoms with Crippen LogP contribution < -0.4 is 4.74 Å². The summed E-state index contributed by atoms with van der Waals surface area (Å²) in [5.41, 5.74) is 2.28. The predicted molar refractivity (Wildman–Crippen MR) is 89.3 cm³/mol. The molecule has 1 aromatic carbocycles. The number of piperidine rings is 1. The summed E-state index contributed by atoms with van der Waals surface area (Å²) in [5.74, 6) is 0.864. The van der Waals surface area contributed by atoms with Gasteiger partial charge in [-0.15, -0.1) is 0 Å². The van der Waals surface area contributed by atoms with Gasteiger partial charge in [-0.3, -0.25) is 4.79 Å². The molecule has 1 aromatic rings. The molecule has 1 saturated heterocycles. The standard InChI is InChI=1S/C18H28N2O2/c1-5-20-10-8-16(9-11-20)19(4)18(21)13-22-17-7-6-14(2)12-15(17)3/h6-7,12,16H,5,8-11,13H2,1-4H3. The van der Waals surface area contributed by atoms with Gasteiger partial charge in [-0.2, -0.15) is 0 Å². The maximum absolute atomic E-state index is 12.3. The number of likely N-dealkylation sites (tertiary alicyclic amines) is 1. The Morgan fingerprint density at radius 3 is 2.59 bits per heavy atom. The summed E-state index contributed by atoms with van der Waals surface area (Å²) in [5, 5.41) is 0. The van der Waals surface area contributed by atoms with E-state index in [9.17, 15) is 4.79 Å². The molecule has 1 fully saturated rings. The van der Waals surface area contributed by atoms with Gasteiger partial charge < -0.3 is 14.5 Å². The smallest absolute Gasteiger partial charge is 0.260 e. The van der Waals surface area contributed by atoms with E-state index in [0.29, 0.717) is 6.04 Å². The molecule has 1 heterocycles. The van der Waals surface area contributed by atoms with E-state index in [1.54, 1.807) is 0 Å². The van der Waals surface area contributed by atoms with Crippen LogP contribution in [0.25, 0.3) is 0 Å². The lowest BCUT2D eigenvalue weighted by Crippen LogP contribution is -2.46. The zero-order valence-electron chi connectivity index (χ0n) is 14.3. The molecule has 0 unspecified atom stereocenters. The van der Waals surface area contributed by atoms with Gasteiger partial charge in [0.25, 0.3) is 5.91 Å². The van der Waals surface area contributed by atoms with E-state index in [2.05, 4.69) is 24.8 Å². The first-order valence-electron chi connectivity index (χ1n) is 8.19. The van der Waals surface area contributed by atoms with Crippen LogP contribution in [0.4, 0.5) is 0 Å². The minimum atomic E-state index is 0.0647. The van der Waals surface area contributed by atoms with E-state index in [4.69, 9.17) is 4.74 Å². The predicted octanol–water partition coefficient (Wildman–Crippen LogP) is 2.62. The second kappa shape index (κ2) is 7.63. The molecule has 0 spiro atoms. The van der Waals surface area contributed by atoms with E-state index in [-0.39, 0.29) is 12.5 Å². The number of aryl methyl sites for hydroxylation is 2. The van der Waals surface area contributed by atoms with E-state index in [1.807, 2.05) is 31.0 Å². The average Bonchev–Trinajstić information content (AvgIpc) is 2.53. The molecule has 22 heavy (non-hydrogen) atoms. The van der Waals surface area contributed by atoms with E-state index >= 15 is 0 Å². The van der Waals surface area contributed by atoms with Crippen LogP contribution in [0.15, 0.2) is 18.2 Å². The summed E-state index contributed by atoms with van der Waals surface area (Å²) in [6, 6.07) is 6.37. The highest BCUT2D eigenvalue weighted by Crippen LogP contribution is 2.19. The topological polar surface area (TPSA) is 32.8 Å². The molecule has 0 bridgehead atoms. The van der Waals surface area contributed by atoms with E-state index < -0.39 is 0 Å². The summed E-state index contributed by atoms with van der Waals surface area (Å²) >= 11 is 0. The number of hydrogen-bond donors (Lipinski definition) is 0. The molecule has 4 nitrogen and oxygen atoms in total. The van der Waals surface area contributed by atoms with Gasteiger partial charge in [0.15, 0.2) is 6.61 Å². The molecule has 1 aliphatic heterocycles. The first-order valence-corrected chi connectivity index (χ1v) is 8.19. The molecule has 122 valence electrons. The number of carbonyl (C=O) groups excluding carboxylic acids is 1. The largest absolute Gasteiger partial charge is 0.484 e. The minimum absolute atomic E-state index is 0.0647. The molecule has 0 saturated carbocycles. The van der Waals surface area contributed by atoms with Gasteiger partial charge >= 0.3 is 0 Å². The Labute approximate surface area is 134 Å². The van der Waals surface area contributed by atoms with Crippen LogP contribution in [0.2, 0.25) is 0 Å². The summed E-state index contributed by atoms with van der Waals surface area (Å²) in [6.07, 6.45) is 2.11. The zero-order valence-corrected chi connectivity index (χ0v) is 14.3. The lowest BCUT2D eigenvalue weighted by atomic mass is 10.0. The number of hydrogen-bond acceptors (Lipinski definition) is 3. The molecule has 0 aromatic heterocycles. The number of amides is 1. The fourth-order valence-corrected chi connectivity index (χ4v) is 3.03. The van der Waals surface area contributed by atoms with Crippen molar-refractivity contribution in [2.45, 2.75) is 39.7 Å². The number of benzene rings is 1. The van der Waals surface area contributed by atoms with Crippen LogP contribution in [-0.4, -0.2) is 55.0 Å². The Kier molecular flexibility index (Phi) is 5.83. The number of carbonyl (C=O) groups is 1. The van der Waals surface area contributed by atoms with Crippen molar-refractivity contribution in [1.82, 2.24) is 9.80 Å². The minimum Gasteiger partial charge on any atom is -0.484 e. The van der Waals surface area contributed by atoms with Crippen molar-refractivity contribution in [2.75, 3.05) is 33.3 Å². The third-order valence-electron chi connectivity index (χ3n) is 4.63. The maximum atomic E-state index is 12.3. The monoisotopic (exact) mass is 304 g/mol.